The summed E-state index contributed by atoms with van der Waals surface area (Å²) in [6, 6.07) is 15.7. The van der Waals surface area contributed by atoms with E-state index in [1.807, 2.05) is 23.1 Å². The molecule has 1 aromatic heterocycles. The number of fused-ring (bicyclic) bond motifs is 2. The van der Waals surface area contributed by atoms with Gasteiger partial charge in [-0.2, -0.15) is 0 Å². The highest BCUT2D eigenvalue weighted by Crippen LogP contribution is 2.22. The van der Waals surface area contributed by atoms with Crippen LogP contribution in [0, 0.1) is 0 Å². The molecule has 3 N–H and O–H groups in total. The minimum atomic E-state index is -0.537. The number of carbonyl (C=O) groups is 2. The van der Waals surface area contributed by atoms with Gasteiger partial charge in [0.25, 0.3) is 5.91 Å². The summed E-state index contributed by atoms with van der Waals surface area (Å²) in [5.74, 6) is -0.400. The third-order valence-electron chi connectivity index (χ3n) is 5.36. The van der Waals surface area contributed by atoms with E-state index in [9.17, 15) is 9.59 Å². The van der Waals surface area contributed by atoms with Crippen molar-refractivity contribution in [1.29, 1.82) is 0 Å². The second-order valence-corrected chi connectivity index (χ2v) is 7.23. The van der Waals surface area contributed by atoms with E-state index in [4.69, 9.17) is 5.21 Å². The van der Waals surface area contributed by atoms with Crippen LogP contribution in [0.2, 0.25) is 0 Å². The molecule has 1 aliphatic rings. The van der Waals surface area contributed by atoms with E-state index in [0.29, 0.717) is 25.1 Å². The number of nitrogens with one attached hydrogen (secondary N) is 2. The van der Waals surface area contributed by atoms with E-state index in [-0.39, 0.29) is 5.91 Å². The van der Waals surface area contributed by atoms with Crippen molar-refractivity contribution in [3.63, 3.8) is 0 Å². The van der Waals surface area contributed by atoms with Crippen LogP contribution in [0.25, 0.3) is 10.9 Å². The molecule has 144 valence electrons. The lowest BCUT2D eigenvalue weighted by Gasteiger charge is -2.29. The smallest absolute Gasteiger partial charge is 0.274 e. The van der Waals surface area contributed by atoms with Crippen molar-refractivity contribution in [3.8, 4) is 0 Å². The van der Waals surface area contributed by atoms with E-state index in [0.717, 1.165) is 41.6 Å². The molecule has 0 atom stereocenters. The Bertz CT molecular complexity index is 992. The number of hydroxylamine groups is 1. The highest BCUT2D eigenvalue weighted by Gasteiger charge is 2.21. The number of aromatic amines is 1. The maximum atomic E-state index is 12.6. The molecule has 0 aliphatic carbocycles. The first-order valence-corrected chi connectivity index (χ1v) is 9.54. The Balaban J connectivity index is 1.34. The molecule has 2 amide bonds. The molecule has 0 fully saturated rings. The van der Waals surface area contributed by atoms with Gasteiger partial charge >= 0.3 is 0 Å². The summed E-state index contributed by atoms with van der Waals surface area (Å²) < 4.78 is 0. The van der Waals surface area contributed by atoms with Crippen LogP contribution in [0.15, 0.2) is 48.5 Å². The first-order valence-electron chi connectivity index (χ1n) is 9.54. The van der Waals surface area contributed by atoms with Crippen LogP contribution in [-0.2, 0) is 24.2 Å². The molecule has 0 unspecified atom stereocenters. The first kappa shape index (κ1) is 18.3. The zero-order valence-corrected chi connectivity index (χ0v) is 15.6. The Kier molecular flexibility index (Phi) is 5.12. The number of rotatable bonds is 5. The lowest BCUT2D eigenvalue weighted by molar-refractivity contribution is -0.132. The van der Waals surface area contributed by atoms with E-state index in [2.05, 4.69) is 23.2 Å². The minimum Gasteiger partial charge on any atom is -0.358 e. The number of carbonyl (C=O) groups excluding carboxylic acids is 2. The third kappa shape index (κ3) is 3.77. The molecule has 0 spiro atoms. The number of para-hydroxylation sites is 1. The van der Waals surface area contributed by atoms with Crippen molar-refractivity contribution in [3.05, 3.63) is 70.9 Å². The summed E-state index contributed by atoms with van der Waals surface area (Å²) in [6.45, 7) is 1.21. The first-order chi connectivity index (χ1) is 13.6. The molecule has 28 heavy (non-hydrogen) atoms. The molecule has 0 saturated heterocycles. The predicted molar refractivity (Wildman–Crippen MR) is 106 cm³/mol. The fraction of sp³-hybridized carbons (Fsp3) is 0.273. The Morgan fingerprint density at radius 1 is 1.11 bits per heavy atom. The van der Waals surface area contributed by atoms with E-state index < -0.39 is 5.91 Å². The highest BCUT2D eigenvalue weighted by atomic mass is 16.5. The second kappa shape index (κ2) is 7.86. The van der Waals surface area contributed by atoms with Gasteiger partial charge in [-0.1, -0.05) is 24.3 Å². The third-order valence-corrected chi connectivity index (χ3v) is 5.36. The molecule has 2 aromatic carbocycles. The van der Waals surface area contributed by atoms with Crippen LogP contribution in [0.5, 0.6) is 0 Å². The molecule has 2 heterocycles. The van der Waals surface area contributed by atoms with Gasteiger partial charge in [0.2, 0.25) is 5.91 Å². The Morgan fingerprint density at radius 2 is 1.96 bits per heavy atom. The lowest BCUT2D eigenvalue weighted by Crippen LogP contribution is -2.36. The minimum absolute atomic E-state index is 0.138. The number of aryl methyl sites for hydroxylation is 1. The summed E-state index contributed by atoms with van der Waals surface area (Å²) in [4.78, 5) is 29.5. The molecule has 1 aliphatic heterocycles. The number of benzene rings is 2. The van der Waals surface area contributed by atoms with Gasteiger partial charge in [0.15, 0.2) is 0 Å². The molecular weight excluding hydrogens is 354 g/mol. The standard InChI is InChI=1S/C22H23N3O3/c26-21(7-3-5-19-13-16-4-1-2-6-20(16)23-19)25-11-10-15-8-9-17(22(27)24-28)12-18(15)14-25/h1-2,4,6,8-9,12-13,23,28H,3,5,7,10-11,14H2,(H,24,27). The number of hydrogen-bond acceptors (Lipinski definition) is 3. The van der Waals surface area contributed by atoms with E-state index in [1.165, 1.54) is 5.39 Å². The zero-order valence-electron chi connectivity index (χ0n) is 15.6. The van der Waals surface area contributed by atoms with Crippen molar-refractivity contribution in [2.75, 3.05) is 6.54 Å². The Hall–Kier alpha value is -3.12. The van der Waals surface area contributed by atoms with E-state index in [1.54, 1.807) is 17.6 Å². The molecule has 6 nitrogen and oxygen atoms in total. The van der Waals surface area contributed by atoms with Gasteiger partial charge in [0.05, 0.1) is 0 Å². The average molecular weight is 377 g/mol. The fourth-order valence-electron chi connectivity index (χ4n) is 3.83. The van der Waals surface area contributed by atoms with Crippen molar-refractivity contribution < 1.29 is 14.8 Å². The Morgan fingerprint density at radius 3 is 2.79 bits per heavy atom. The number of aromatic nitrogens is 1. The second-order valence-electron chi connectivity index (χ2n) is 7.23. The van der Waals surface area contributed by atoms with Gasteiger partial charge in [-0.05, 0) is 60.0 Å². The quantitative estimate of drug-likeness (QED) is 0.471. The molecule has 0 bridgehead atoms. The Labute approximate surface area is 163 Å². The predicted octanol–water partition coefficient (Wildman–Crippen LogP) is 3.19. The maximum absolute atomic E-state index is 12.6. The van der Waals surface area contributed by atoms with Gasteiger partial charge in [-0.15, -0.1) is 0 Å². The molecule has 6 heteroatoms. The number of amides is 2. The molecule has 0 saturated carbocycles. The molecule has 3 aromatic rings. The largest absolute Gasteiger partial charge is 0.358 e. The number of H-pyrrole nitrogens is 1. The SMILES string of the molecule is O=C(NO)c1ccc2c(c1)CN(C(=O)CCCc1cc3ccccc3[nH]1)CC2. The van der Waals surface area contributed by atoms with Crippen molar-refractivity contribution in [1.82, 2.24) is 15.4 Å². The monoisotopic (exact) mass is 377 g/mol. The normalized spacial score (nSPS) is 13.4. The summed E-state index contributed by atoms with van der Waals surface area (Å²) in [6.07, 6.45) is 2.92. The summed E-state index contributed by atoms with van der Waals surface area (Å²) >= 11 is 0. The lowest BCUT2D eigenvalue weighted by atomic mass is 9.97. The van der Waals surface area contributed by atoms with Crippen LogP contribution < -0.4 is 5.48 Å². The summed E-state index contributed by atoms with van der Waals surface area (Å²) in [5, 5.41) is 10.00. The van der Waals surface area contributed by atoms with Crippen LogP contribution in [-0.4, -0.2) is 33.5 Å². The van der Waals surface area contributed by atoms with Crippen molar-refractivity contribution >= 4 is 22.7 Å². The maximum Gasteiger partial charge on any atom is 0.274 e. The summed E-state index contributed by atoms with van der Waals surface area (Å²) in [7, 11) is 0. The van der Waals surface area contributed by atoms with E-state index >= 15 is 0 Å². The summed E-state index contributed by atoms with van der Waals surface area (Å²) in [5.41, 5.74) is 6.44. The zero-order chi connectivity index (χ0) is 19.5. The molecule has 0 radical (unpaired) electrons. The highest BCUT2D eigenvalue weighted by molar-refractivity contribution is 5.93. The average Bonchev–Trinajstić information content (AvgIpc) is 3.15. The van der Waals surface area contributed by atoms with Gasteiger partial charge < -0.3 is 9.88 Å². The number of hydrogen-bond donors (Lipinski definition) is 3. The fourth-order valence-corrected chi connectivity index (χ4v) is 3.83. The van der Waals surface area contributed by atoms with Crippen LogP contribution in [0.4, 0.5) is 0 Å². The van der Waals surface area contributed by atoms with Crippen LogP contribution >= 0.6 is 0 Å². The van der Waals surface area contributed by atoms with Gasteiger partial charge in [-0.25, -0.2) is 5.48 Å². The van der Waals surface area contributed by atoms with Crippen LogP contribution in [0.3, 0.4) is 0 Å². The van der Waals surface area contributed by atoms with Crippen molar-refractivity contribution in [2.45, 2.75) is 32.2 Å². The topological polar surface area (TPSA) is 85.4 Å². The van der Waals surface area contributed by atoms with Gasteiger partial charge in [0.1, 0.15) is 0 Å². The van der Waals surface area contributed by atoms with Gasteiger partial charge in [0, 0.05) is 36.3 Å². The van der Waals surface area contributed by atoms with Crippen molar-refractivity contribution in [2.24, 2.45) is 0 Å². The molecule has 4 rings (SSSR count). The number of nitrogens with zero attached hydrogens (tertiary/aromatic N) is 1. The van der Waals surface area contributed by atoms with Crippen LogP contribution in [0.1, 0.15) is 40.0 Å². The molecular formula is C22H23N3O3. The van der Waals surface area contributed by atoms with Gasteiger partial charge in [-0.3, -0.25) is 14.8 Å².